The van der Waals surface area contributed by atoms with Crippen molar-refractivity contribution < 1.29 is 48.2 Å². The Hall–Kier alpha value is -4.22. The van der Waals surface area contributed by atoms with Crippen LogP contribution in [-0.2, 0) is 18.9 Å². The SMILES string of the molecule is CC1(C)O[C@@H]([C@H]2OC(C)(C)O[C@@H]2COc2cc3ccccc3cc2C(=O)O)[C@H](COc2cc3ccccc3cc2C(=O)O)O1. The fourth-order valence-corrected chi connectivity index (χ4v) is 5.90. The van der Waals surface area contributed by atoms with Gasteiger partial charge < -0.3 is 38.6 Å². The van der Waals surface area contributed by atoms with Crippen molar-refractivity contribution in [1.29, 1.82) is 0 Å². The monoisotopic (exact) mass is 602 g/mol. The fourth-order valence-electron chi connectivity index (χ4n) is 5.90. The molecule has 230 valence electrons. The molecule has 2 fully saturated rings. The average molecular weight is 603 g/mol. The molecule has 2 saturated heterocycles. The van der Waals surface area contributed by atoms with Crippen molar-refractivity contribution in [3.05, 3.63) is 83.9 Å². The van der Waals surface area contributed by atoms with E-state index >= 15 is 0 Å². The Labute approximate surface area is 254 Å². The maximum absolute atomic E-state index is 12.1. The zero-order valence-corrected chi connectivity index (χ0v) is 24.8. The number of rotatable bonds is 9. The Kier molecular flexibility index (Phi) is 7.71. The second-order valence-electron chi connectivity index (χ2n) is 11.9. The summed E-state index contributed by atoms with van der Waals surface area (Å²) in [6, 6.07) is 21.5. The van der Waals surface area contributed by atoms with Gasteiger partial charge in [0.1, 0.15) is 60.3 Å². The molecular formula is C34H34O10. The topological polar surface area (TPSA) is 130 Å². The molecule has 0 spiro atoms. The summed E-state index contributed by atoms with van der Waals surface area (Å²) >= 11 is 0. The third-order valence-electron chi connectivity index (χ3n) is 7.73. The normalized spacial score (nSPS) is 24.0. The number of fused-ring (bicyclic) bond motifs is 2. The third-order valence-corrected chi connectivity index (χ3v) is 7.73. The van der Waals surface area contributed by atoms with Crippen LogP contribution in [0.5, 0.6) is 11.5 Å². The minimum absolute atomic E-state index is 0.0194. The summed E-state index contributed by atoms with van der Waals surface area (Å²) in [6.45, 7) is 7.07. The van der Waals surface area contributed by atoms with Crippen LogP contribution >= 0.6 is 0 Å². The minimum Gasteiger partial charge on any atom is -0.490 e. The van der Waals surface area contributed by atoms with Gasteiger partial charge in [0.2, 0.25) is 0 Å². The molecule has 44 heavy (non-hydrogen) atoms. The van der Waals surface area contributed by atoms with Crippen LogP contribution in [0.15, 0.2) is 72.8 Å². The van der Waals surface area contributed by atoms with E-state index in [-0.39, 0.29) is 35.8 Å². The largest absolute Gasteiger partial charge is 0.490 e. The molecule has 0 radical (unpaired) electrons. The number of hydrogen-bond donors (Lipinski definition) is 2. The average Bonchev–Trinajstić information content (AvgIpc) is 3.46. The number of ether oxygens (including phenoxy) is 6. The van der Waals surface area contributed by atoms with Gasteiger partial charge in [0.25, 0.3) is 0 Å². The van der Waals surface area contributed by atoms with E-state index in [4.69, 9.17) is 28.4 Å². The Balaban J connectivity index is 1.24. The maximum atomic E-state index is 12.1. The molecule has 4 aromatic rings. The summed E-state index contributed by atoms with van der Waals surface area (Å²) in [4.78, 5) is 24.1. The van der Waals surface area contributed by atoms with Gasteiger partial charge in [0, 0.05) is 0 Å². The van der Waals surface area contributed by atoms with Crippen molar-refractivity contribution in [3.63, 3.8) is 0 Å². The molecule has 10 nitrogen and oxygen atoms in total. The van der Waals surface area contributed by atoms with Gasteiger partial charge in [-0.15, -0.1) is 0 Å². The molecular weight excluding hydrogens is 568 g/mol. The van der Waals surface area contributed by atoms with E-state index in [0.717, 1.165) is 21.5 Å². The molecule has 0 aromatic heterocycles. The number of benzene rings is 4. The minimum atomic E-state index is -1.10. The van der Waals surface area contributed by atoms with Gasteiger partial charge in [0.15, 0.2) is 11.6 Å². The van der Waals surface area contributed by atoms with Gasteiger partial charge in [0.05, 0.1) is 0 Å². The summed E-state index contributed by atoms with van der Waals surface area (Å²) in [6.07, 6.45) is -2.66. The fraction of sp³-hybridized carbons (Fsp3) is 0.353. The van der Waals surface area contributed by atoms with Gasteiger partial charge in [-0.3, -0.25) is 0 Å². The lowest BCUT2D eigenvalue weighted by Gasteiger charge is -2.26. The predicted molar refractivity (Wildman–Crippen MR) is 160 cm³/mol. The molecule has 2 aliphatic heterocycles. The summed E-state index contributed by atoms with van der Waals surface area (Å²) in [5.74, 6) is -3.77. The molecule has 6 rings (SSSR count). The van der Waals surface area contributed by atoms with Crippen molar-refractivity contribution in [1.82, 2.24) is 0 Å². The lowest BCUT2D eigenvalue weighted by atomic mass is 10.0. The number of aromatic carboxylic acids is 2. The van der Waals surface area contributed by atoms with Gasteiger partial charge in [-0.1, -0.05) is 48.5 Å². The predicted octanol–water partition coefficient (Wildman–Crippen LogP) is 5.89. The molecule has 2 N–H and O–H groups in total. The summed E-state index contributed by atoms with van der Waals surface area (Å²) in [5, 5.41) is 23.0. The Morgan fingerprint density at radius 3 is 1.30 bits per heavy atom. The Morgan fingerprint density at radius 1 is 0.614 bits per heavy atom. The van der Waals surface area contributed by atoms with E-state index in [9.17, 15) is 19.8 Å². The number of hydrogen-bond acceptors (Lipinski definition) is 8. The lowest BCUT2D eigenvalue weighted by Crippen LogP contribution is -2.45. The van der Waals surface area contributed by atoms with Crippen molar-refractivity contribution >= 4 is 33.5 Å². The van der Waals surface area contributed by atoms with Crippen LogP contribution in [0.1, 0.15) is 48.4 Å². The molecule has 0 amide bonds. The Morgan fingerprint density at radius 2 is 0.955 bits per heavy atom. The zero-order valence-electron chi connectivity index (χ0n) is 24.8. The molecule has 0 bridgehead atoms. The third kappa shape index (κ3) is 6.07. The van der Waals surface area contributed by atoms with Gasteiger partial charge in [-0.25, -0.2) is 9.59 Å². The van der Waals surface area contributed by atoms with Crippen LogP contribution in [0.4, 0.5) is 0 Å². The van der Waals surface area contributed by atoms with Crippen LogP contribution < -0.4 is 9.47 Å². The second-order valence-corrected chi connectivity index (χ2v) is 11.9. The van der Waals surface area contributed by atoms with E-state index in [1.165, 1.54) is 0 Å². The second kappa shape index (κ2) is 11.4. The van der Waals surface area contributed by atoms with Crippen molar-refractivity contribution in [2.24, 2.45) is 0 Å². The standard InChI is InChI=1S/C34H34O10/c1-33(2)41-27(17-39-25-15-21-11-7-5-9-19(21)13-23(25)31(35)36)29(43-33)30-28(42-34(3,4)44-30)18-40-26-16-22-12-8-6-10-20(22)14-24(26)32(37)38/h5-16,27-30H,17-18H2,1-4H3,(H,35,36)(H,37,38)/t27-,28+,29+,30-. The van der Waals surface area contributed by atoms with E-state index in [0.29, 0.717) is 0 Å². The first kappa shape index (κ1) is 29.8. The molecule has 4 atom stereocenters. The van der Waals surface area contributed by atoms with Crippen molar-refractivity contribution in [2.45, 2.75) is 63.7 Å². The van der Waals surface area contributed by atoms with Gasteiger partial charge in [-0.2, -0.15) is 0 Å². The van der Waals surface area contributed by atoms with Crippen LogP contribution in [0.3, 0.4) is 0 Å². The molecule has 4 aromatic carbocycles. The molecule has 0 aliphatic carbocycles. The highest BCUT2D eigenvalue weighted by Gasteiger charge is 2.54. The first-order valence-electron chi connectivity index (χ1n) is 14.4. The highest BCUT2D eigenvalue weighted by molar-refractivity contribution is 5.98. The quantitative estimate of drug-likeness (QED) is 0.239. The van der Waals surface area contributed by atoms with Crippen molar-refractivity contribution in [2.75, 3.05) is 13.2 Å². The maximum Gasteiger partial charge on any atom is 0.339 e. The summed E-state index contributed by atoms with van der Waals surface area (Å²) in [7, 11) is 0. The highest BCUT2D eigenvalue weighted by Crippen LogP contribution is 2.39. The molecule has 2 aliphatic rings. The van der Waals surface area contributed by atoms with Crippen LogP contribution in [0.25, 0.3) is 21.5 Å². The van der Waals surface area contributed by atoms with E-state index < -0.39 is 47.9 Å². The molecule has 0 saturated carbocycles. The zero-order chi connectivity index (χ0) is 31.2. The highest BCUT2D eigenvalue weighted by atomic mass is 16.8. The summed E-state index contributed by atoms with van der Waals surface area (Å²) < 4.78 is 37.2. The van der Waals surface area contributed by atoms with Gasteiger partial charge >= 0.3 is 11.9 Å². The summed E-state index contributed by atoms with van der Waals surface area (Å²) in [5.41, 5.74) is 0.0757. The number of carboxylic acids is 2. The van der Waals surface area contributed by atoms with Crippen LogP contribution in [0.2, 0.25) is 0 Å². The van der Waals surface area contributed by atoms with Gasteiger partial charge in [-0.05, 0) is 73.5 Å². The van der Waals surface area contributed by atoms with E-state index in [2.05, 4.69) is 0 Å². The molecule has 0 unspecified atom stereocenters. The first-order valence-corrected chi connectivity index (χ1v) is 14.4. The molecule has 10 heteroatoms. The lowest BCUT2D eigenvalue weighted by molar-refractivity contribution is -0.175. The number of carbonyl (C=O) groups is 2. The smallest absolute Gasteiger partial charge is 0.339 e. The Bertz CT molecular complexity index is 1600. The van der Waals surface area contributed by atoms with Crippen LogP contribution in [-0.4, -0.2) is 71.4 Å². The van der Waals surface area contributed by atoms with E-state index in [1.807, 2.05) is 48.5 Å². The first-order chi connectivity index (χ1) is 20.9. The number of carboxylic acid groups (broad SMARTS) is 2. The van der Waals surface area contributed by atoms with Crippen LogP contribution in [0, 0.1) is 0 Å². The van der Waals surface area contributed by atoms with Crippen molar-refractivity contribution in [3.8, 4) is 11.5 Å². The molecule has 2 heterocycles. The van der Waals surface area contributed by atoms with E-state index in [1.54, 1.807) is 52.0 Å².